The molecule has 0 aliphatic heterocycles. The number of hydrogen-bond donors (Lipinski definition) is 2. The molecule has 0 bridgehead atoms. The van der Waals surface area contributed by atoms with Gasteiger partial charge in [-0.1, -0.05) is 0 Å². The van der Waals surface area contributed by atoms with Crippen LogP contribution >= 0.6 is 0 Å². The number of aromatic nitrogens is 1. The van der Waals surface area contributed by atoms with Gasteiger partial charge in [0.15, 0.2) is 0 Å². The minimum atomic E-state index is -0.310. The number of carbonyl (C=O) groups excluding carboxylic acids is 1. The highest BCUT2D eigenvalue weighted by molar-refractivity contribution is 5.98. The van der Waals surface area contributed by atoms with Crippen molar-refractivity contribution in [2.75, 3.05) is 14.2 Å². The number of H-pyrrole nitrogens is 1. The molecule has 1 aromatic heterocycles. The van der Waals surface area contributed by atoms with Crippen molar-refractivity contribution in [3.63, 3.8) is 0 Å². The zero-order chi connectivity index (χ0) is 16.9. The third-order valence-electron chi connectivity index (χ3n) is 3.57. The van der Waals surface area contributed by atoms with Gasteiger partial charge in [-0.3, -0.25) is 4.79 Å². The Kier molecular flexibility index (Phi) is 4.47. The van der Waals surface area contributed by atoms with E-state index in [0.717, 1.165) is 28.0 Å². The van der Waals surface area contributed by atoms with E-state index >= 15 is 0 Å². The van der Waals surface area contributed by atoms with Crippen LogP contribution in [0.25, 0.3) is 10.9 Å². The van der Waals surface area contributed by atoms with E-state index < -0.39 is 0 Å². The van der Waals surface area contributed by atoms with E-state index in [1.807, 2.05) is 42.5 Å². The molecule has 0 radical (unpaired) electrons. The van der Waals surface area contributed by atoms with Gasteiger partial charge in [0.25, 0.3) is 5.91 Å². The first kappa shape index (κ1) is 15.6. The third kappa shape index (κ3) is 3.38. The average Bonchev–Trinajstić information content (AvgIpc) is 3.05. The van der Waals surface area contributed by atoms with E-state index in [4.69, 9.17) is 9.47 Å². The summed E-state index contributed by atoms with van der Waals surface area (Å²) >= 11 is 0. The fourth-order valence-electron chi connectivity index (χ4n) is 2.27. The molecule has 0 unspecified atom stereocenters. The monoisotopic (exact) mass is 323 g/mol. The maximum Gasteiger partial charge on any atom is 0.287 e. The van der Waals surface area contributed by atoms with E-state index in [9.17, 15) is 4.79 Å². The van der Waals surface area contributed by atoms with Crippen molar-refractivity contribution in [2.24, 2.45) is 5.10 Å². The highest BCUT2D eigenvalue weighted by atomic mass is 16.5. The fraction of sp³-hybridized carbons (Fsp3) is 0.111. The molecule has 0 atom stereocenters. The lowest BCUT2D eigenvalue weighted by atomic mass is 10.2. The zero-order valence-corrected chi connectivity index (χ0v) is 13.4. The Morgan fingerprint density at radius 3 is 2.46 bits per heavy atom. The molecule has 2 aromatic carbocycles. The van der Waals surface area contributed by atoms with Gasteiger partial charge in [-0.25, -0.2) is 5.43 Å². The Morgan fingerprint density at radius 1 is 1.04 bits per heavy atom. The first-order chi connectivity index (χ1) is 11.7. The number of amides is 1. The molecular formula is C18H17N3O3. The van der Waals surface area contributed by atoms with Crippen molar-refractivity contribution < 1.29 is 14.3 Å². The minimum Gasteiger partial charge on any atom is -0.497 e. The van der Waals surface area contributed by atoms with Gasteiger partial charge in [-0.15, -0.1) is 0 Å². The highest BCUT2D eigenvalue weighted by Crippen LogP contribution is 2.21. The summed E-state index contributed by atoms with van der Waals surface area (Å²) in [6.07, 6.45) is 1.57. The molecule has 0 saturated heterocycles. The zero-order valence-electron chi connectivity index (χ0n) is 13.4. The smallest absolute Gasteiger partial charge is 0.287 e. The Labute approximate surface area is 139 Å². The number of nitrogens with one attached hydrogen (secondary N) is 2. The minimum absolute atomic E-state index is 0.310. The summed E-state index contributed by atoms with van der Waals surface area (Å²) in [5.41, 5.74) is 4.63. The number of carbonyl (C=O) groups is 1. The first-order valence-electron chi connectivity index (χ1n) is 7.34. The van der Waals surface area contributed by atoms with Gasteiger partial charge >= 0.3 is 0 Å². The maximum absolute atomic E-state index is 12.2. The largest absolute Gasteiger partial charge is 0.497 e. The fourth-order valence-corrected chi connectivity index (χ4v) is 2.27. The Balaban J connectivity index is 1.68. The number of fused-ring (bicyclic) bond motifs is 1. The molecule has 6 heteroatoms. The molecule has 0 aliphatic carbocycles. The van der Waals surface area contributed by atoms with Crippen LogP contribution in [-0.2, 0) is 0 Å². The van der Waals surface area contributed by atoms with Crippen LogP contribution in [0.1, 0.15) is 16.1 Å². The summed E-state index contributed by atoms with van der Waals surface area (Å²) in [4.78, 5) is 15.2. The molecule has 0 aliphatic rings. The van der Waals surface area contributed by atoms with Gasteiger partial charge in [-0.2, -0.15) is 5.10 Å². The summed E-state index contributed by atoms with van der Waals surface area (Å²) in [6.45, 7) is 0. The SMILES string of the molecule is COc1ccc(/C=N\NC(=O)c2cc3ccc(OC)cc3[nH]2)cc1. The van der Waals surface area contributed by atoms with Crippen LogP contribution in [0.2, 0.25) is 0 Å². The normalized spacial score (nSPS) is 10.9. The van der Waals surface area contributed by atoms with Crippen LogP contribution in [0, 0.1) is 0 Å². The van der Waals surface area contributed by atoms with Gasteiger partial charge in [-0.05, 0) is 48.0 Å². The quantitative estimate of drug-likeness (QED) is 0.560. The van der Waals surface area contributed by atoms with Crippen LogP contribution < -0.4 is 14.9 Å². The van der Waals surface area contributed by atoms with Gasteiger partial charge in [0.2, 0.25) is 0 Å². The summed E-state index contributed by atoms with van der Waals surface area (Å²) in [6, 6.07) is 14.7. The number of hydrazone groups is 1. The van der Waals surface area contributed by atoms with E-state index in [0.29, 0.717) is 5.69 Å². The molecule has 1 heterocycles. The Morgan fingerprint density at radius 2 is 1.75 bits per heavy atom. The van der Waals surface area contributed by atoms with Gasteiger partial charge < -0.3 is 14.5 Å². The second-order valence-electron chi connectivity index (χ2n) is 5.11. The van der Waals surface area contributed by atoms with E-state index in [1.165, 1.54) is 0 Å². The molecular weight excluding hydrogens is 306 g/mol. The van der Waals surface area contributed by atoms with Crippen LogP contribution in [0.5, 0.6) is 11.5 Å². The lowest BCUT2D eigenvalue weighted by molar-refractivity contribution is 0.0951. The molecule has 24 heavy (non-hydrogen) atoms. The van der Waals surface area contributed by atoms with Crippen LogP contribution in [0.3, 0.4) is 0 Å². The second-order valence-corrected chi connectivity index (χ2v) is 5.11. The number of aromatic amines is 1. The standard InChI is InChI=1S/C18H17N3O3/c1-23-14-6-3-12(4-7-14)11-19-21-18(22)17-9-13-5-8-15(24-2)10-16(13)20-17/h3-11,20H,1-2H3,(H,21,22)/b19-11-. The first-order valence-corrected chi connectivity index (χ1v) is 7.34. The summed E-state index contributed by atoms with van der Waals surface area (Å²) in [5, 5.41) is 4.90. The molecule has 2 N–H and O–H groups in total. The van der Waals surface area contributed by atoms with E-state index in [2.05, 4.69) is 15.5 Å². The van der Waals surface area contributed by atoms with Crippen molar-refractivity contribution >= 4 is 23.0 Å². The predicted molar refractivity (Wildman–Crippen MR) is 92.9 cm³/mol. The van der Waals surface area contributed by atoms with Crippen LogP contribution in [0.4, 0.5) is 0 Å². The van der Waals surface area contributed by atoms with Gasteiger partial charge in [0, 0.05) is 17.0 Å². The number of ether oxygens (including phenoxy) is 2. The summed E-state index contributed by atoms with van der Waals surface area (Å²) in [7, 11) is 3.21. The van der Waals surface area contributed by atoms with Gasteiger partial charge in [0.05, 0.1) is 20.4 Å². The lowest BCUT2D eigenvalue weighted by Crippen LogP contribution is -2.17. The van der Waals surface area contributed by atoms with Crippen molar-refractivity contribution in [1.29, 1.82) is 0 Å². The predicted octanol–water partition coefficient (Wildman–Crippen LogP) is 2.95. The number of benzene rings is 2. The molecule has 0 fully saturated rings. The van der Waals surface area contributed by atoms with Gasteiger partial charge in [0.1, 0.15) is 17.2 Å². The Bertz CT molecular complexity index is 882. The molecule has 3 aromatic rings. The number of nitrogens with zero attached hydrogens (tertiary/aromatic N) is 1. The third-order valence-corrected chi connectivity index (χ3v) is 3.57. The summed E-state index contributed by atoms with van der Waals surface area (Å²) in [5.74, 6) is 1.19. The lowest BCUT2D eigenvalue weighted by Gasteiger charge is -1.99. The van der Waals surface area contributed by atoms with Crippen molar-refractivity contribution in [1.82, 2.24) is 10.4 Å². The number of hydrogen-bond acceptors (Lipinski definition) is 4. The van der Waals surface area contributed by atoms with E-state index in [1.54, 1.807) is 26.5 Å². The topological polar surface area (TPSA) is 75.7 Å². The molecule has 3 rings (SSSR count). The molecule has 0 spiro atoms. The van der Waals surface area contributed by atoms with Crippen molar-refractivity contribution in [3.05, 3.63) is 59.8 Å². The number of rotatable bonds is 5. The average molecular weight is 323 g/mol. The molecule has 122 valence electrons. The molecule has 1 amide bonds. The second kappa shape index (κ2) is 6.87. The maximum atomic E-state index is 12.2. The number of methoxy groups -OCH3 is 2. The van der Waals surface area contributed by atoms with Crippen LogP contribution in [-0.4, -0.2) is 31.3 Å². The molecule has 0 saturated carbocycles. The molecule has 6 nitrogen and oxygen atoms in total. The van der Waals surface area contributed by atoms with E-state index in [-0.39, 0.29) is 5.91 Å². The summed E-state index contributed by atoms with van der Waals surface area (Å²) < 4.78 is 10.3. The van der Waals surface area contributed by atoms with Crippen LogP contribution in [0.15, 0.2) is 53.6 Å². The highest BCUT2D eigenvalue weighted by Gasteiger charge is 2.09. The Hall–Kier alpha value is -3.28. The van der Waals surface area contributed by atoms with Crippen molar-refractivity contribution in [2.45, 2.75) is 0 Å². The van der Waals surface area contributed by atoms with Crippen molar-refractivity contribution in [3.8, 4) is 11.5 Å².